The number of anilines is 1. The summed E-state index contributed by atoms with van der Waals surface area (Å²) in [5.74, 6) is 0.394. The van der Waals surface area contributed by atoms with Crippen molar-refractivity contribution < 1.29 is 8.91 Å². The van der Waals surface area contributed by atoms with Crippen molar-refractivity contribution in [1.29, 1.82) is 0 Å². The van der Waals surface area contributed by atoms with Gasteiger partial charge in [0.1, 0.15) is 29.0 Å². The molecule has 3 heterocycles. The van der Waals surface area contributed by atoms with E-state index in [9.17, 15) is 4.39 Å². The van der Waals surface area contributed by atoms with E-state index in [1.807, 2.05) is 0 Å². The molecule has 1 N–H and O–H groups in total. The first-order chi connectivity index (χ1) is 14.8. The molecule has 4 aromatic rings. The molecule has 7 heteroatoms. The van der Waals surface area contributed by atoms with E-state index in [0.717, 1.165) is 50.0 Å². The monoisotopic (exact) mass is 403 g/mol. The quantitative estimate of drug-likeness (QED) is 0.485. The number of nitrogens with one attached hydrogen (secondary N) is 1. The minimum Gasteiger partial charge on any atom is -0.369 e. The van der Waals surface area contributed by atoms with Crippen molar-refractivity contribution in [3.8, 4) is 11.3 Å². The fraction of sp³-hybridized carbons (Fsp3) is 0.261. The molecule has 0 radical (unpaired) electrons. The lowest BCUT2D eigenvalue weighted by molar-refractivity contribution is 0.253. The summed E-state index contributed by atoms with van der Waals surface area (Å²) in [6.45, 7) is 3.89. The summed E-state index contributed by atoms with van der Waals surface area (Å²) in [6, 6.07) is 14.8. The Hall–Kier alpha value is -3.32. The summed E-state index contributed by atoms with van der Waals surface area (Å²) in [7, 11) is 0. The number of hydrogen-bond acceptors (Lipinski definition) is 6. The zero-order chi connectivity index (χ0) is 20.3. The summed E-state index contributed by atoms with van der Waals surface area (Å²) in [5, 5.41) is 8.25. The number of nitrogens with zero attached hydrogens (tertiary/aromatic N) is 4. The maximum Gasteiger partial charge on any atom is 0.263 e. The number of hydrogen-bond donors (Lipinski definition) is 1. The number of aromatic nitrogens is 3. The maximum atomic E-state index is 13.3. The third kappa shape index (κ3) is 3.76. The Balaban J connectivity index is 1.25. The molecule has 0 bridgehead atoms. The van der Waals surface area contributed by atoms with Gasteiger partial charge in [-0.1, -0.05) is 29.4 Å². The van der Waals surface area contributed by atoms with Gasteiger partial charge in [-0.05, 0) is 48.2 Å². The smallest absolute Gasteiger partial charge is 0.263 e. The van der Waals surface area contributed by atoms with Crippen molar-refractivity contribution in [1.82, 2.24) is 20.0 Å². The van der Waals surface area contributed by atoms with Crippen molar-refractivity contribution >= 4 is 16.9 Å². The van der Waals surface area contributed by atoms with Crippen LogP contribution in [0, 0.1) is 5.82 Å². The van der Waals surface area contributed by atoms with Gasteiger partial charge in [0, 0.05) is 31.7 Å². The molecule has 5 rings (SSSR count). The second-order valence-corrected chi connectivity index (χ2v) is 7.52. The van der Waals surface area contributed by atoms with Gasteiger partial charge in [-0.15, -0.1) is 0 Å². The molecule has 2 aromatic heterocycles. The molecule has 0 saturated heterocycles. The van der Waals surface area contributed by atoms with Crippen molar-refractivity contribution in [2.75, 3.05) is 25.0 Å². The van der Waals surface area contributed by atoms with Crippen molar-refractivity contribution in [3.63, 3.8) is 0 Å². The SMILES string of the molecule is Fc1ccc(-c2noc3ncnc(NCCCN4CCc5ccccc5C4)c23)cc1. The summed E-state index contributed by atoms with van der Waals surface area (Å²) in [5.41, 5.74) is 4.69. The van der Waals surface area contributed by atoms with Crippen LogP contribution >= 0.6 is 0 Å². The van der Waals surface area contributed by atoms with E-state index in [0.29, 0.717) is 17.2 Å². The van der Waals surface area contributed by atoms with E-state index in [1.165, 1.54) is 29.6 Å². The largest absolute Gasteiger partial charge is 0.369 e. The van der Waals surface area contributed by atoms with Crippen LogP contribution in [0.25, 0.3) is 22.4 Å². The molecule has 152 valence electrons. The van der Waals surface area contributed by atoms with Gasteiger partial charge in [0.15, 0.2) is 0 Å². The van der Waals surface area contributed by atoms with Gasteiger partial charge in [-0.3, -0.25) is 4.90 Å². The Kier molecular flexibility index (Phi) is 5.11. The second-order valence-electron chi connectivity index (χ2n) is 7.52. The highest BCUT2D eigenvalue weighted by molar-refractivity contribution is 5.97. The van der Waals surface area contributed by atoms with Gasteiger partial charge in [-0.25, -0.2) is 9.37 Å². The molecular formula is C23H22FN5O. The molecule has 0 aliphatic carbocycles. The molecule has 0 unspecified atom stereocenters. The number of halogens is 1. The highest BCUT2D eigenvalue weighted by Crippen LogP contribution is 2.31. The van der Waals surface area contributed by atoms with E-state index >= 15 is 0 Å². The second kappa shape index (κ2) is 8.20. The lowest BCUT2D eigenvalue weighted by Crippen LogP contribution is -2.32. The molecular weight excluding hydrogens is 381 g/mol. The summed E-state index contributed by atoms with van der Waals surface area (Å²) in [6.07, 6.45) is 3.56. The van der Waals surface area contributed by atoms with Gasteiger partial charge >= 0.3 is 0 Å². The Morgan fingerprint density at radius 1 is 1.03 bits per heavy atom. The zero-order valence-electron chi connectivity index (χ0n) is 16.5. The van der Waals surface area contributed by atoms with E-state index in [2.05, 4.69) is 49.6 Å². The third-order valence-corrected chi connectivity index (χ3v) is 5.54. The van der Waals surface area contributed by atoms with Crippen LogP contribution in [0.3, 0.4) is 0 Å². The van der Waals surface area contributed by atoms with E-state index in [-0.39, 0.29) is 5.82 Å². The summed E-state index contributed by atoms with van der Waals surface area (Å²) < 4.78 is 18.6. The van der Waals surface area contributed by atoms with Gasteiger partial charge in [-0.2, -0.15) is 4.98 Å². The van der Waals surface area contributed by atoms with Crippen LogP contribution < -0.4 is 5.32 Å². The maximum absolute atomic E-state index is 13.3. The zero-order valence-corrected chi connectivity index (χ0v) is 16.5. The minimum atomic E-state index is -0.290. The topological polar surface area (TPSA) is 67.1 Å². The highest BCUT2D eigenvalue weighted by atomic mass is 19.1. The standard InChI is InChI=1S/C23H22FN5O/c24-19-8-6-17(7-9-19)21-20-22(26-15-27-23(20)30-28-21)25-11-3-12-29-13-10-16-4-1-2-5-18(16)14-29/h1-2,4-9,15H,3,10-14H2,(H,25,26,27). The van der Waals surface area contributed by atoms with Crippen LogP contribution in [0.2, 0.25) is 0 Å². The number of fused-ring (bicyclic) bond motifs is 2. The molecule has 0 amide bonds. The number of rotatable bonds is 6. The molecule has 30 heavy (non-hydrogen) atoms. The third-order valence-electron chi connectivity index (χ3n) is 5.54. The van der Waals surface area contributed by atoms with Crippen LogP contribution in [0.15, 0.2) is 59.4 Å². The molecule has 0 fully saturated rings. The lowest BCUT2D eigenvalue weighted by Gasteiger charge is -2.28. The molecule has 2 aromatic carbocycles. The molecule has 1 aliphatic rings. The summed E-state index contributed by atoms with van der Waals surface area (Å²) in [4.78, 5) is 11.0. The van der Waals surface area contributed by atoms with E-state index in [4.69, 9.17) is 4.52 Å². The van der Waals surface area contributed by atoms with Crippen molar-refractivity contribution in [2.24, 2.45) is 0 Å². The van der Waals surface area contributed by atoms with E-state index < -0.39 is 0 Å². The Bertz CT molecular complexity index is 1160. The molecule has 0 spiro atoms. The van der Waals surface area contributed by atoms with Crippen LogP contribution in [0.5, 0.6) is 0 Å². The van der Waals surface area contributed by atoms with Crippen LogP contribution in [-0.4, -0.2) is 39.7 Å². The van der Waals surface area contributed by atoms with Crippen LogP contribution in [0.1, 0.15) is 17.5 Å². The average Bonchev–Trinajstić information content (AvgIpc) is 3.22. The Labute approximate surface area is 173 Å². The predicted octanol–water partition coefficient (Wildman–Crippen LogP) is 4.28. The van der Waals surface area contributed by atoms with Gasteiger partial charge in [0.25, 0.3) is 5.71 Å². The first kappa shape index (κ1) is 18.7. The lowest BCUT2D eigenvalue weighted by atomic mass is 10.00. The average molecular weight is 403 g/mol. The molecule has 6 nitrogen and oxygen atoms in total. The van der Waals surface area contributed by atoms with Crippen molar-refractivity contribution in [3.05, 3.63) is 71.8 Å². The van der Waals surface area contributed by atoms with Gasteiger partial charge in [0.2, 0.25) is 0 Å². The fourth-order valence-corrected chi connectivity index (χ4v) is 3.98. The minimum absolute atomic E-state index is 0.290. The molecule has 1 aliphatic heterocycles. The Morgan fingerprint density at radius 3 is 2.73 bits per heavy atom. The fourth-order valence-electron chi connectivity index (χ4n) is 3.98. The summed E-state index contributed by atoms with van der Waals surface area (Å²) >= 11 is 0. The number of benzene rings is 2. The van der Waals surface area contributed by atoms with Gasteiger partial charge < -0.3 is 9.84 Å². The highest BCUT2D eigenvalue weighted by Gasteiger charge is 2.18. The van der Waals surface area contributed by atoms with Crippen LogP contribution in [0.4, 0.5) is 10.2 Å². The van der Waals surface area contributed by atoms with Crippen LogP contribution in [-0.2, 0) is 13.0 Å². The normalized spacial score (nSPS) is 14.0. The Morgan fingerprint density at radius 2 is 1.87 bits per heavy atom. The molecule has 0 atom stereocenters. The molecule has 0 saturated carbocycles. The van der Waals surface area contributed by atoms with Gasteiger partial charge in [0.05, 0.1) is 0 Å². The first-order valence-electron chi connectivity index (χ1n) is 10.2. The van der Waals surface area contributed by atoms with Crippen molar-refractivity contribution in [2.45, 2.75) is 19.4 Å². The van der Waals surface area contributed by atoms with E-state index in [1.54, 1.807) is 12.1 Å². The predicted molar refractivity (Wildman–Crippen MR) is 114 cm³/mol. The first-order valence-corrected chi connectivity index (χ1v) is 10.2.